The average molecular weight is 456 g/mol. The second-order valence-corrected chi connectivity index (χ2v) is 8.32. The molecule has 6 heteroatoms. The summed E-state index contributed by atoms with van der Waals surface area (Å²) in [5, 5.41) is 0.469. The van der Waals surface area contributed by atoms with Crippen LogP contribution in [0.4, 0.5) is 0 Å². The third kappa shape index (κ3) is 3.74. The molecule has 1 aromatic heterocycles. The van der Waals surface area contributed by atoms with Gasteiger partial charge in [-0.25, -0.2) is 0 Å². The lowest BCUT2D eigenvalue weighted by Gasteiger charge is -2.25. The molecule has 4 rings (SSSR count). The van der Waals surface area contributed by atoms with Crippen LogP contribution >= 0.6 is 15.9 Å². The number of benzene rings is 2. The van der Waals surface area contributed by atoms with Gasteiger partial charge in [0, 0.05) is 17.6 Å². The van der Waals surface area contributed by atoms with Crippen molar-refractivity contribution in [3.63, 3.8) is 0 Å². The number of ether oxygens (including phenoxy) is 1. The summed E-state index contributed by atoms with van der Waals surface area (Å²) in [6.45, 7) is 5.00. The Morgan fingerprint density at radius 2 is 1.90 bits per heavy atom. The summed E-state index contributed by atoms with van der Waals surface area (Å²) >= 11 is 3.41. The highest BCUT2D eigenvalue weighted by molar-refractivity contribution is 9.10. The molecule has 5 nitrogen and oxygen atoms in total. The lowest BCUT2D eigenvalue weighted by Crippen LogP contribution is -2.31. The number of rotatable bonds is 6. The minimum atomic E-state index is -0.461. The SMILES string of the molecule is CC(C)OCCCN1C(=O)c2oc3ccc(Br)cc3c(=O)c2[C@@H]1c1ccccc1. The molecule has 0 bridgehead atoms. The molecular formula is C23H22BrNO4. The number of hydrogen-bond donors (Lipinski definition) is 0. The monoisotopic (exact) mass is 455 g/mol. The summed E-state index contributed by atoms with van der Waals surface area (Å²) in [6.07, 6.45) is 0.818. The molecule has 0 saturated carbocycles. The molecule has 0 unspecified atom stereocenters. The van der Waals surface area contributed by atoms with Gasteiger partial charge in [-0.2, -0.15) is 0 Å². The van der Waals surface area contributed by atoms with Crippen LogP contribution in [0.25, 0.3) is 11.0 Å². The minimum Gasteiger partial charge on any atom is -0.450 e. The van der Waals surface area contributed by atoms with Crippen molar-refractivity contribution in [1.29, 1.82) is 0 Å². The van der Waals surface area contributed by atoms with Crippen molar-refractivity contribution < 1.29 is 13.9 Å². The topological polar surface area (TPSA) is 59.8 Å². The van der Waals surface area contributed by atoms with Crippen molar-refractivity contribution >= 4 is 32.8 Å². The van der Waals surface area contributed by atoms with Crippen LogP contribution in [0.1, 0.15) is 48.0 Å². The average Bonchev–Trinajstić information content (AvgIpc) is 2.99. The van der Waals surface area contributed by atoms with Crippen LogP contribution in [0, 0.1) is 0 Å². The molecule has 2 heterocycles. The Morgan fingerprint density at radius 3 is 2.62 bits per heavy atom. The Labute approximate surface area is 177 Å². The van der Waals surface area contributed by atoms with Crippen molar-refractivity contribution in [3.8, 4) is 0 Å². The lowest BCUT2D eigenvalue weighted by molar-refractivity contribution is 0.0593. The maximum absolute atomic E-state index is 13.4. The van der Waals surface area contributed by atoms with Crippen LogP contribution in [0.5, 0.6) is 0 Å². The van der Waals surface area contributed by atoms with Gasteiger partial charge < -0.3 is 14.1 Å². The summed E-state index contributed by atoms with van der Waals surface area (Å²) in [5.74, 6) is -0.108. The highest BCUT2D eigenvalue weighted by Crippen LogP contribution is 2.38. The molecule has 0 saturated heterocycles. The van der Waals surface area contributed by atoms with Gasteiger partial charge in [0.1, 0.15) is 5.58 Å². The van der Waals surface area contributed by atoms with E-state index in [1.807, 2.05) is 44.2 Å². The molecule has 1 atom stereocenters. The summed E-state index contributed by atoms with van der Waals surface area (Å²) in [6, 6.07) is 14.4. The molecule has 29 heavy (non-hydrogen) atoms. The Balaban J connectivity index is 1.80. The van der Waals surface area contributed by atoms with Crippen LogP contribution in [0.2, 0.25) is 0 Å². The van der Waals surface area contributed by atoms with Gasteiger partial charge in [0.2, 0.25) is 5.76 Å². The van der Waals surface area contributed by atoms with Crippen LogP contribution in [-0.2, 0) is 4.74 Å². The van der Waals surface area contributed by atoms with Gasteiger partial charge in [-0.05, 0) is 44.0 Å². The minimum absolute atomic E-state index is 0.137. The quantitative estimate of drug-likeness (QED) is 0.495. The molecule has 2 aromatic carbocycles. The maximum atomic E-state index is 13.4. The first-order chi connectivity index (χ1) is 14.0. The van der Waals surface area contributed by atoms with Gasteiger partial charge in [0.05, 0.1) is 23.1 Å². The van der Waals surface area contributed by atoms with Gasteiger partial charge in [-0.3, -0.25) is 9.59 Å². The van der Waals surface area contributed by atoms with E-state index < -0.39 is 6.04 Å². The molecule has 0 aliphatic carbocycles. The first-order valence-corrected chi connectivity index (χ1v) is 10.5. The van der Waals surface area contributed by atoms with E-state index in [1.165, 1.54) is 0 Å². The standard InChI is InChI=1S/C23H22BrNO4/c1-14(2)28-12-6-11-25-20(15-7-4-3-5-8-15)19-21(26)17-13-16(24)9-10-18(17)29-22(19)23(25)27/h3-5,7-10,13-14,20H,6,11-12H2,1-2H3/t20-/m0/s1. The summed E-state index contributed by atoms with van der Waals surface area (Å²) in [5.41, 5.74) is 1.57. The van der Waals surface area contributed by atoms with E-state index in [2.05, 4.69) is 15.9 Å². The zero-order valence-corrected chi connectivity index (χ0v) is 17.9. The van der Waals surface area contributed by atoms with E-state index in [4.69, 9.17) is 9.15 Å². The zero-order chi connectivity index (χ0) is 20.5. The van der Waals surface area contributed by atoms with Crippen LogP contribution < -0.4 is 5.43 Å². The number of carbonyl (C=O) groups excluding carboxylic acids is 1. The molecule has 0 fully saturated rings. The number of hydrogen-bond acceptors (Lipinski definition) is 4. The third-order valence-electron chi connectivity index (χ3n) is 5.04. The fourth-order valence-electron chi connectivity index (χ4n) is 3.76. The van der Waals surface area contributed by atoms with Crippen molar-refractivity contribution in [2.45, 2.75) is 32.4 Å². The number of fused-ring (bicyclic) bond motifs is 2. The van der Waals surface area contributed by atoms with Crippen molar-refractivity contribution in [2.75, 3.05) is 13.2 Å². The van der Waals surface area contributed by atoms with Gasteiger partial charge in [-0.1, -0.05) is 46.3 Å². The lowest BCUT2D eigenvalue weighted by atomic mass is 9.98. The van der Waals surface area contributed by atoms with Crippen molar-refractivity contribution in [3.05, 3.63) is 80.1 Å². The molecule has 3 aromatic rings. The first kappa shape index (κ1) is 19.9. The van der Waals surface area contributed by atoms with E-state index in [0.29, 0.717) is 36.1 Å². The Hall–Kier alpha value is -2.44. The van der Waals surface area contributed by atoms with Crippen LogP contribution in [0.15, 0.2) is 62.2 Å². The number of nitrogens with zero attached hydrogens (tertiary/aromatic N) is 1. The van der Waals surface area contributed by atoms with Crippen molar-refractivity contribution in [2.24, 2.45) is 0 Å². The Bertz CT molecular complexity index is 1110. The van der Waals surface area contributed by atoms with E-state index in [0.717, 1.165) is 10.0 Å². The highest BCUT2D eigenvalue weighted by atomic mass is 79.9. The maximum Gasteiger partial charge on any atom is 0.290 e. The summed E-state index contributed by atoms with van der Waals surface area (Å²) in [4.78, 5) is 28.3. The van der Waals surface area contributed by atoms with E-state index in [9.17, 15) is 9.59 Å². The second kappa shape index (κ2) is 8.13. The fourth-order valence-corrected chi connectivity index (χ4v) is 4.12. The van der Waals surface area contributed by atoms with Gasteiger partial charge >= 0.3 is 0 Å². The third-order valence-corrected chi connectivity index (χ3v) is 5.53. The number of carbonyl (C=O) groups is 1. The number of halogens is 1. The molecule has 1 amide bonds. The van der Waals surface area contributed by atoms with E-state index >= 15 is 0 Å². The molecule has 0 radical (unpaired) electrons. The molecule has 1 aliphatic rings. The predicted octanol–water partition coefficient (Wildman–Crippen LogP) is 4.92. The largest absolute Gasteiger partial charge is 0.450 e. The van der Waals surface area contributed by atoms with Crippen LogP contribution in [0.3, 0.4) is 0 Å². The fraction of sp³-hybridized carbons (Fsp3) is 0.304. The van der Waals surface area contributed by atoms with Crippen molar-refractivity contribution in [1.82, 2.24) is 4.90 Å². The molecule has 1 aliphatic heterocycles. The molecular weight excluding hydrogens is 434 g/mol. The van der Waals surface area contributed by atoms with Gasteiger partial charge in [-0.15, -0.1) is 0 Å². The highest BCUT2D eigenvalue weighted by Gasteiger charge is 2.42. The number of amides is 1. The van der Waals surface area contributed by atoms with E-state index in [1.54, 1.807) is 23.1 Å². The first-order valence-electron chi connectivity index (χ1n) is 9.71. The zero-order valence-electron chi connectivity index (χ0n) is 16.4. The normalized spacial score (nSPS) is 16.1. The summed E-state index contributed by atoms with van der Waals surface area (Å²) < 4.78 is 12.4. The smallest absolute Gasteiger partial charge is 0.290 e. The predicted molar refractivity (Wildman–Crippen MR) is 115 cm³/mol. The van der Waals surface area contributed by atoms with Gasteiger partial charge in [0.25, 0.3) is 5.91 Å². The Morgan fingerprint density at radius 1 is 1.14 bits per heavy atom. The molecule has 150 valence electrons. The van der Waals surface area contributed by atoms with E-state index in [-0.39, 0.29) is 23.2 Å². The van der Waals surface area contributed by atoms with Crippen LogP contribution in [-0.4, -0.2) is 30.1 Å². The second-order valence-electron chi connectivity index (χ2n) is 7.40. The molecule has 0 N–H and O–H groups in total. The van der Waals surface area contributed by atoms with Gasteiger partial charge in [0.15, 0.2) is 5.43 Å². The molecule has 0 spiro atoms. The Kier molecular flexibility index (Phi) is 5.56. The summed E-state index contributed by atoms with van der Waals surface area (Å²) in [7, 11) is 0.